The molecule has 0 spiro atoms. The Kier molecular flexibility index (Phi) is 6.84. The molecule has 28 heavy (non-hydrogen) atoms. The highest BCUT2D eigenvalue weighted by molar-refractivity contribution is 7.19. The molecule has 1 saturated heterocycles. The van der Waals surface area contributed by atoms with Crippen LogP contribution in [0.25, 0.3) is 11.1 Å². The lowest BCUT2D eigenvalue weighted by Crippen LogP contribution is -2.36. The van der Waals surface area contributed by atoms with Crippen LogP contribution in [-0.4, -0.2) is 38.8 Å². The summed E-state index contributed by atoms with van der Waals surface area (Å²) in [5.74, 6) is 0.122. The zero-order valence-electron chi connectivity index (χ0n) is 15.7. The number of hydrogen-bond donors (Lipinski definition) is 1. The summed E-state index contributed by atoms with van der Waals surface area (Å²) < 4.78 is 5.43. The van der Waals surface area contributed by atoms with Crippen LogP contribution in [-0.2, 0) is 4.74 Å². The van der Waals surface area contributed by atoms with Crippen molar-refractivity contribution in [3.05, 3.63) is 38.7 Å². The molecule has 1 aromatic carbocycles. The van der Waals surface area contributed by atoms with Crippen molar-refractivity contribution in [2.45, 2.75) is 13.8 Å². The summed E-state index contributed by atoms with van der Waals surface area (Å²) in [6, 6.07) is 7.40. The van der Waals surface area contributed by atoms with Gasteiger partial charge in [0.2, 0.25) is 0 Å². The summed E-state index contributed by atoms with van der Waals surface area (Å²) in [5.41, 5.74) is 1.66. The Morgan fingerprint density at radius 2 is 2.07 bits per heavy atom. The van der Waals surface area contributed by atoms with E-state index in [0.717, 1.165) is 5.00 Å². The second-order valence-corrected chi connectivity index (χ2v) is 8.77. The van der Waals surface area contributed by atoms with Crippen molar-refractivity contribution in [2.75, 3.05) is 37.7 Å². The van der Waals surface area contributed by atoms with Gasteiger partial charge in [0.25, 0.3) is 5.91 Å². The first-order valence-corrected chi connectivity index (χ1v) is 10.6. The predicted molar refractivity (Wildman–Crippen MR) is 115 cm³/mol. The molecular weight excluding hydrogens is 417 g/mol. The maximum atomic E-state index is 13.0. The molecule has 1 aliphatic rings. The number of carbonyl (C=O) groups is 1. The number of anilines is 1. The van der Waals surface area contributed by atoms with Gasteiger partial charge in [-0.2, -0.15) is 5.26 Å². The highest BCUT2D eigenvalue weighted by Gasteiger charge is 2.28. The fraction of sp³-hybridized carbons (Fsp3) is 0.400. The molecule has 0 bridgehead atoms. The fourth-order valence-corrected chi connectivity index (χ4v) is 4.73. The van der Waals surface area contributed by atoms with E-state index in [1.54, 1.807) is 18.2 Å². The normalized spacial score (nSPS) is 14.2. The first-order chi connectivity index (χ1) is 13.4. The minimum atomic E-state index is -0.198. The van der Waals surface area contributed by atoms with E-state index < -0.39 is 0 Å². The van der Waals surface area contributed by atoms with Crippen molar-refractivity contribution in [3.63, 3.8) is 0 Å². The predicted octanol–water partition coefficient (Wildman–Crippen LogP) is 4.82. The van der Waals surface area contributed by atoms with Crippen LogP contribution in [0.2, 0.25) is 10.0 Å². The molecule has 1 aromatic heterocycles. The summed E-state index contributed by atoms with van der Waals surface area (Å²) in [4.78, 5) is 15.5. The molecule has 2 aromatic rings. The number of amides is 1. The van der Waals surface area contributed by atoms with Crippen molar-refractivity contribution in [3.8, 4) is 17.2 Å². The molecule has 1 amide bonds. The van der Waals surface area contributed by atoms with Gasteiger partial charge in [-0.3, -0.25) is 4.79 Å². The van der Waals surface area contributed by atoms with Gasteiger partial charge in [0.15, 0.2) is 0 Å². The molecule has 5 nitrogen and oxygen atoms in total. The number of carbonyl (C=O) groups excluding carboxylic acids is 1. The van der Waals surface area contributed by atoms with E-state index in [4.69, 9.17) is 27.9 Å². The van der Waals surface area contributed by atoms with Crippen LogP contribution in [0.5, 0.6) is 0 Å². The van der Waals surface area contributed by atoms with Crippen molar-refractivity contribution >= 4 is 45.4 Å². The number of halogens is 2. The average Bonchev–Trinajstić information content (AvgIpc) is 3.06. The van der Waals surface area contributed by atoms with E-state index in [-0.39, 0.29) is 5.91 Å². The number of nitrogens with one attached hydrogen (secondary N) is 1. The first-order valence-electron chi connectivity index (χ1n) is 9.05. The zero-order chi connectivity index (χ0) is 20.3. The Bertz CT molecular complexity index is 915. The van der Waals surface area contributed by atoms with Gasteiger partial charge < -0.3 is 15.0 Å². The molecule has 148 valence electrons. The third kappa shape index (κ3) is 4.44. The second kappa shape index (κ2) is 9.15. The van der Waals surface area contributed by atoms with Gasteiger partial charge in [-0.05, 0) is 18.1 Å². The fourth-order valence-electron chi connectivity index (χ4n) is 3.00. The third-order valence-electron chi connectivity index (χ3n) is 4.38. The average molecular weight is 438 g/mol. The van der Waals surface area contributed by atoms with Crippen molar-refractivity contribution in [1.82, 2.24) is 5.32 Å². The highest BCUT2D eigenvalue weighted by Crippen LogP contribution is 2.44. The number of rotatable bonds is 5. The Morgan fingerprint density at radius 1 is 1.36 bits per heavy atom. The summed E-state index contributed by atoms with van der Waals surface area (Å²) in [6.45, 7) is 7.16. The number of benzene rings is 1. The van der Waals surface area contributed by atoms with Gasteiger partial charge in [-0.15, -0.1) is 11.3 Å². The van der Waals surface area contributed by atoms with Gasteiger partial charge in [-0.1, -0.05) is 43.1 Å². The SMILES string of the molecule is CC(C)CNC(=O)c1sc(N2CCOCC2)c(C#N)c1-c1ccc(Cl)cc1Cl. The standard InChI is InChI=1S/C20H21Cl2N3O2S/c1-12(2)11-24-19(26)18-17(14-4-3-13(21)9-16(14)22)15(10-23)20(28-18)25-5-7-27-8-6-25/h3-4,9,12H,5-8,11H2,1-2H3,(H,24,26). The number of thiophene rings is 1. The Hall–Kier alpha value is -1.78. The van der Waals surface area contributed by atoms with Gasteiger partial charge in [0, 0.05) is 40.8 Å². The van der Waals surface area contributed by atoms with Crippen LogP contribution >= 0.6 is 34.5 Å². The third-order valence-corrected chi connectivity index (χ3v) is 6.17. The molecule has 0 atom stereocenters. The first kappa shape index (κ1) is 20.9. The van der Waals surface area contributed by atoms with Crippen LogP contribution < -0.4 is 10.2 Å². The number of nitrogens with zero attached hydrogens (tertiary/aromatic N) is 2. The van der Waals surface area contributed by atoms with Gasteiger partial charge >= 0.3 is 0 Å². The lowest BCUT2D eigenvalue weighted by molar-refractivity contribution is 0.0953. The van der Waals surface area contributed by atoms with Gasteiger partial charge in [-0.25, -0.2) is 0 Å². The quantitative estimate of drug-likeness (QED) is 0.727. The maximum Gasteiger partial charge on any atom is 0.262 e. The zero-order valence-corrected chi connectivity index (χ0v) is 18.0. The van der Waals surface area contributed by atoms with Crippen molar-refractivity contribution in [1.29, 1.82) is 5.26 Å². The molecular formula is C20H21Cl2N3O2S. The van der Waals surface area contributed by atoms with E-state index in [2.05, 4.69) is 16.3 Å². The summed E-state index contributed by atoms with van der Waals surface area (Å²) in [5, 5.41) is 14.6. The molecule has 1 fully saturated rings. The Labute approximate surface area is 178 Å². The van der Waals surface area contributed by atoms with Crippen LogP contribution in [0.4, 0.5) is 5.00 Å². The monoisotopic (exact) mass is 437 g/mol. The minimum Gasteiger partial charge on any atom is -0.378 e. The molecule has 0 unspecified atom stereocenters. The molecule has 0 radical (unpaired) electrons. The number of hydrogen-bond acceptors (Lipinski definition) is 5. The van der Waals surface area contributed by atoms with Gasteiger partial charge in [0.05, 0.1) is 18.8 Å². The lowest BCUT2D eigenvalue weighted by atomic mass is 10.0. The summed E-state index contributed by atoms with van der Waals surface area (Å²) in [6.07, 6.45) is 0. The van der Waals surface area contributed by atoms with E-state index >= 15 is 0 Å². The maximum absolute atomic E-state index is 13.0. The van der Waals surface area contributed by atoms with E-state index in [9.17, 15) is 10.1 Å². The van der Waals surface area contributed by atoms with E-state index in [1.165, 1.54) is 11.3 Å². The van der Waals surface area contributed by atoms with E-state index in [1.807, 2.05) is 13.8 Å². The lowest BCUT2D eigenvalue weighted by Gasteiger charge is -2.27. The topological polar surface area (TPSA) is 65.4 Å². The molecule has 1 N–H and O–H groups in total. The minimum absolute atomic E-state index is 0.198. The summed E-state index contributed by atoms with van der Waals surface area (Å²) >= 11 is 13.8. The molecule has 1 aliphatic heterocycles. The molecule has 2 heterocycles. The second-order valence-electron chi connectivity index (χ2n) is 6.93. The van der Waals surface area contributed by atoms with Crippen LogP contribution in [0.3, 0.4) is 0 Å². The Balaban J connectivity index is 2.14. The Morgan fingerprint density at radius 3 is 2.68 bits per heavy atom. The van der Waals surface area contributed by atoms with Crippen molar-refractivity contribution in [2.24, 2.45) is 5.92 Å². The van der Waals surface area contributed by atoms with E-state index in [0.29, 0.717) is 70.4 Å². The number of nitriles is 1. The summed E-state index contributed by atoms with van der Waals surface area (Å²) in [7, 11) is 0. The number of morpholine rings is 1. The molecule has 0 aliphatic carbocycles. The van der Waals surface area contributed by atoms with Crippen LogP contribution in [0.1, 0.15) is 29.1 Å². The number of ether oxygens (including phenoxy) is 1. The molecule has 0 saturated carbocycles. The van der Waals surface area contributed by atoms with Gasteiger partial charge in [0.1, 0.15) is 15.9 Å². The van der Waals surface area contributed by atoms with Crippen LogP contribution in [0, 0.1) is 17.2 Å². The smallest absolute Gasteiger partial charge is 0.262 e. The largest absolute Gasteiger partial charge is 0.378 e. The van der Waals surface area contributed by atoms with Crippen LogP contribution in [0.15, 0.2) is 18.2 Å². The molecule has 3 rings (SSSR count). The highest BCUT2D eigenvalue weighted by atomic mass is 35.5. The molecule has 8 heteroatoms. The van der Waals surface area contributed by atoms with Crippen molar-refractivity contribution < 1.29 is 9.53 Å².